The summed E-state index contributed by atoms with van der Waals surface area (Å²) in [6.45, 7) is 0. The Kier molecular flexibility index (Phi) is 4.76. The monoisotopic (exact) mass is 360 g/mol. The van der Waals surface area contributed by atoms with E-state index in [4.69, 9.17) is 9.26 Å². The Bertz CT molecular complexity index is 971. The van der Waals surface area contributed by atoms with Gasteiger partial charge < -0.3 is 9.26 Å². The van der Waals surface area contributed by atoms with Gasteiger partial charge in [0, 0.05) is 16.7 Å². The van der Waals surface area contributed by atoms with E-state index in [1.165, 1.54) is 0 Å². The standard InChI is InChI=1S/C21H17N2O2P/c1-24-16-12-13-19-20(14-16)22-15-21(23-19)25-26(17-8-4-2-5-9-17)18-10-6-3-7-11-18/h2-15H,1H3. The molecule has 128 valence electrons. The summed E-state index contributed by atoms with van der Waals surface area (Å²) in [7, 11) is 0.619. The van der Waals surface area contributed by atoms with Gasteiger partial charge in [-0.1, -0.05) is 60.7 Å². The minimum atomic E-state index is -1.02. The zero-order valence-corrected chi connectivity index (χ0v) is 15.1. The molecule has 0 unspecified atom stereocenters. The van der Waals surface area contributed by atoms with E-state index in [-0.39, 0.29) is 0 Å². The lowest BCUT2D eigenvalue weighted by molar-refractivity contribution is 0.415. The van der Waals surface area contributed by atoms with Crippen molar-refractivity contribution in [2.75, 3.05) is 7.11 Å². The van der Waals surface area contributed by atoms with Crippen LogP contribution in [0.5, 0.6) is 11.6 Å². The quantitative estimate of drug-likeness (QED) is 0.504. The third-order valence-corrected chi connectivity index (χ3v) is 5.80. The van der Waals surface area contributed by atoms with Crippen LogP contribution in [0.1, 0.15) is 0 Å². The third kappa shape index (κ3) is 3.51. The topological polar surface area (TPSA) is 44.2 Å². The number of benzene rings is 3. The minimum absolute atomic E-state index is 0.515. The molecule has 5 heteroatoms. The number of hydrogen-bond acceptors (Lipinski definition) is 4. The third-order valence-electron chi connectivity index (χ3n) is 3.89. The molecule has 4 rings (SSSR count). The van der Waals surface area contributed by atoms with Crippen LogP contribution in [-0.2, 0) is 0 Å². The number of rotatable bonds is 5. The van der Waals surface area contributed by atoms with Gasteiger partial charge in [-0.2, -0.15) is 0 Å². The van der Waals surface area contributed by atoms with Crippen molar-refractivity contribution in [1.82, 2.24) is 9.97 Å². The highest BCUT2D eigenvalue weighted by molar-refractivity contribution is 7.68. The lowest BCUT2D eigenvalue weighted by atomic mass is 10.3. The molecular weight excluding hydrogens is 343 g/mol. The Labute approximate surface area is 153 Å². The number of methoxy groups -OCH3 is 1. The molecular formula is C21H17N2O2P. The molecule has 1 aromatic heterocycles. The van der Waals surface area contributed by atoms with Crippen LogP contribution in [0.15, 0.2) is 85.1 Å². The molecule has 0 atom stereocenters. The normalized spacial score (nSPS) is 10.8. The lowest BCUT2D eigenvalue weighted by Gasteiger charge is -2.18. The SMILES string of the molecule is COc1ccc2nc(OP(c3ccccc3)c3ccccc3)cnc2c1. The van der Waals surface area contributed by atoms with Gasteiger partial charge in [0.1, 0.15) is 5.75 Å². The summed E-state index contributed by atoms with van der Waals surface area (Å²) in [6.07, 6.45) is 1.67. The van der Waals surface area contributed by atoms with Crippen molar-refractivity contribution >= 4 is 29.8 Å². The van der Waals surface area contributed by atoms with Crippen LogP contribution in [0.2, 0.25) is 0 Å². The van der Waals surface area contributed by atoms with Crippen LogP contribution in [0.25, 0.3) is 11.0 Å². The van der Waals surface area contributed by atoms with Crippen LogP contribution < -0.4 is 19.9 Å². The summed E-state index contributed by atoms with van der Waals surface area (Å²) < 4.78 is 11.5. The Hall–Kier alpha value is -2.97. The molecule has 0 aliphatic heterocycles. The number of hydrogen-bond donors (Lipinski definition) is 0. The van der Waals surface area contributed by atoms with Crippen LogP contribution in [0, 0.1) is 0 Å². The van der Waals surface area contributed by atoms with Crippen molar-refractivity contribution < 1.29 is 9.26 Å². The first-order valence-corrected chi connectivity index (χ1v) is 9.48. The van der Waals surface area contributed by atoms with E-state index in [2.05, 4.69) is 34.2 Å². The van der Waals surface area contributed by atoms with Gasteiger partial charge in [-0.05, 0) is 12.1 Å². The Morgan fingerprint density at radius 1 is 0.769 bits per heavy atom. The largest absolute Gasteiger partial charge is 0.497 e. The summed E-state index contributed by atoms with van der Waals surface area (Å²) in [4.78, 5) is 9.09. The second kappa shape index (κ2) is 7.51. The van der Waals surface area contributed by atoms with Gasteiger partial charge in [-0.3, -0.25) is 0 Å². The molecule has 3 aromatic carbocycles. The Balaban J connectivity index is 1.70. The van der Waals surface area contributed by atoms with E-state index in [1.54, 1.807) is 13.3 Å². The summed E-state index contributed by atoms with van der Waals surface area (Å²) >= 11 is 0. The van der Waals surface area contributed by atoms with Crippen LogP contribution in [0.3, 0.4) is 0 Å². The van der Waals surface area contributed by atoms with Gasteiger partial charge >= 0.3 is 0 Å². The Morgan fingerprint density at radius 3 is 2.04 bits per heavy atom. The predicted molar refractivity (Wildman–Crippen MR) is 106 cm³/mol. The molecule has 0 bridgehead atoms. The first kappa shape index (κ1) is 16.5. The molecule has 0 N–H and O–H groups in total. The zero-order chi connectivity index (χ0) is 17.8. The van der Waals surface area contributed by atoms with Gasteiger partial charge in [-0.25, -0.2) is 9.97 Å². The average Bonchev–Trinajstić information content (AvgIpc) is 2.73. The maximum Gasteiger partial charge on any atom is 0.236 e. The molecule has 1 heterocycles. The molecule has 0 amide bonds. The van der Waals surface area contributed by atoms with E-state index in [1.807, 2.05) is 54.6 Å². The lowest BCUT2D eigenvalue weighted by Crippen LogP contribution is -2.15. The summed E-state index contributed by atoms with van der Waals surface area (Å²) in [5.74, 6) is 1.28. The maximum atomic E-state index is 6.31. The van der Waals surface area contributed by atoms with Crippen molar-refractivity contribution in [3.05, 3.63) is 85.1 Å². The van der Waals surface area contributed by atoms with Gasteiger partial charge in [0.15, 0.2) is 8.15 Å². The summed E-state index contributed by atoms with van der Waals surface area (Å²) in [6, 6.07) is 26.1. The van der Waals surface area contributed by atoms with Crippen molar-refractivity contribution in [3.63, 3.8) is 0 Å². The smallest absolute Gasteiger partial charge is 0.236 e. The first-order chi connectivity index (χ1) is 12.8. The van der Waals surface area contributed by atoms with Gasteiger partial charge in [0.05, 0.1) is 24.3 Å². The van der Waals surface area contributed by atoms with E-state index >= 15 is 0 Å². The molecule has 0 aliphatic carbocycles. The molecule has 0 aliphatic rings. The zero-order valence-electron chi connectivity index (χ0n) is 14.2. The van der Waals surface area contributed by atoms with E-state index < -0.39 is 8.15 Å². The molecule has 0 fully saturated rings. The van der Waals surface area contributed by atoms with Crippen molar-refractivity contribution in [3.8, 4) is 11.6 Å². The van der Waals surface area contributed by atoms with Crippen molar-refractivity contribution in [2.45, 2.75) is 0 Å². The molecule has 0 spiro atoms. The molecule has 4 aromatic rings. The van der Waals surface area contributed by atoms with Crippen molar-refractivity contribution in [2.24, 2.45) is 0 Å². The van der Waals surface area contributed by atoms with E-state index in [9.17, 15) is 0 Å². The van der Waals surface area contributed by atoms with Crippen LogP contribution in [0.4, 0.5) is 0 Å². The van der Waals surface area contributed by atoms with E-state index in [0.29, 0.717) is 5.88 Å². The molecule has 0 radical (unpaired) electrons. The molecule has 26 heavy (non-hydrogen) atoms. The minimum Gasteiger partial charge on any atom is -0.497 e. The maximum absolute atomic E-state index is 6.31. The molecule has 4 nitrogen and oxygen atoms in total. The summed E-state index contributed by atoms with van der Waals surface area (Å²) in [5, 5.41) is 2.26. The van der Waals surface area contributed by atoms with E-state index in [0.717, 1.165) is 27.4 Å². The average molecular weight is 360 g/mol. The fourth-order valence-electron chi connectivity index (χ4n) is 2.62. The highest BCUT2D eigenvalue weighted by Gasteiger charge is 2.17. The van der Waals surface area contributed by atoms with Crippen LogP contribution >= 0.6 is 8.15 Å². The summed E-state index contributed by atoms with van der Waals surface area (Å²) in [5.41, 5.74) is 1.56. The fraction of sp³-hybridized carbons (Fsp3) is 0.0476. The van der Waals surface area contributed by atoms with Gasteiger partial charge in [0.25, 0.3) is 0 Å². The number of aromatic nitrogens is 2. The van der Waals surface area contributed by atoms with Crippen LogP contribution in [-0.4, -0.2) is 17.1 Å². The predicted octanol–water partition coefficient (Wildman–Crippen LogP) is 4.07. The number of ether oxygens (including phenoxy) is 1. The van der Waals surface area contributed by atoms with Gasteiger partial charge in [-0.15, -0.1) is 0 Å². The fourth-order valence-corrected chi connectivity index (χ4v) is 4.29. The number of nitrogens with zero attached hydrogens (tertiary/aromatic N) is 2. The second-order valence-corrected chi connectivity index (χ2v) is 7.42. The molecule has 0 saturated carbocycles. The highest BCUT2D eigenvalue weighted by Crippen LogP contribution is 2.36. The molecule has 0 saturated heterocycles. The number of fused-ring (bicyclic) bond motifs is 1. The second-order valence-electron chi connectivity index (χ2n) is 5.62. The van der Waals surface area contributed by atoms with Gasteiger partial charge in [0.2, 0.25) is 5.88 Å². The first-order valence-electron chi connectivity index (χ1n) is 8.22. The highest BCUT2D eigenvalue weighted by atomic mass is 31.1. The Morgan fingerprint density at radius 2 is 1.42 bits per heavy atom. The van der Waals surface area contributed by atoms with Crippen molar-refractivity contribution in [1.29, 1.82) is 0 Å².